The molecule has 0 aromatic heterocycles. The van der Waals surface area contributed by atoms with Gasteiger partial charge in [0.1, 0.15) is 11.6 Å². The van der Waals surface area contributed by atoms with E-state index >= 15 is 0 Å². The third-order valence-electron chi connectivity index (χ3n) is 3.74. The number of hydrogen-bond acceptors (Lipinski definition) is 3. The summed E-state index contributed by atoms with van der Waals surface area (Å²) in [6.45, 7) is 1.54. The van der Waals surface area contributed by atoms with Crippen molar-refractivity contribution in [1.82, 2.24) is 10.6 Å². The number of nitrogens with one attached hydrogen (secondary N) is 2. The first-order chi connectivity index (χ1) is 11.0. The fraction of sp³-hybridized carbons (Fsp3) is 0.500. The molecule has 23 heavy (non-hydrogen) atoms. The summed E-state index contributed by atoms with van der Waals surface area (Å²) in [5.74, 6) is -1.70. The van der Waals surface area contributed by atoms with Gasteiger partial charge in [0.25, 0.3) is 0 Å². The standard InChI is InChI=1S/C16H20F2N2O2S/c1-10(23-14-9-11(17)7-8-13(14)18)15(21)20-16(22)19-12-5-3-2-4-6-12/h7-10,12H,2-6H2,1H3,(H2,19,20,21,22)/t10-/m0/s1. The number of carbonyl (C=O) groups is 2. The van der Waals surface area contributed by atoms with Crippen LogP contribution in [0.3, 0.4) is 0 Å². The molecular formula is C16H20F2N2O2S. The molecule has 3 amide bonds. The molecule has 0 heterocycles. The molecule has 1 saturated carbocycles. The summed E-state index contributed by atoms with van der Waals surface area (Å²) in [4.78, 5) is 23.8. The van der Waals surface area contributed by atoms with Crippen LogP contribution in [-0.2, 0) is 4.79 Å². The van der Waals surface area contributed by atoms with E-state index in [1.54, 1.807) is 0 Å². The summed E-state index contributed by atoms with van der Waals surface area (Å²) in [5, 5.41) is 4.31. The molecular weight excluding hydrogens is 322 g/mol. The van der Waals surface area contributed by atoms with Crippen molar-refractivity contribution < 1.29 is 18.4 Å². The molecule has 1 aromatic carbocycles. The Hall–Kier alpha value is -1.63. The molecule has 126 valence electrons. The quantitative estimate of drug-likeness (QED) is 0.822. The van der Waals surface area contributed by atoms with Gasteiger partial charge in [0.05, 0.1) is 5.25 Å². The third kappa shape index (κ3) is 5.49. The van der Waals surface area contributed by atoms with Crippen LogP contribution in [0.25, 0.3) is 0 Å². The maximum atomic E-state index is 13.6. The highest BCUT2D eigenvalue weighted by Crippen LogP contribution is 2.26. The van der Waals surface area contributed by atoms with Crippen LogP contribution in [0.1, 0.15) is 39.0 Å². The van der Waals surface area contributed by atoms with Gasteiger partial charge in [0, 0.05) is 10.9 Å². The number of halogens is 2. The van der Waals surface area contributed by atoms with Crippen LogP contribution in [0.5, 0.6) is 0 Å². The molecule has 0 spiro atoms. The van der Waals surface area contributed by atoms with Gasteiger partial charge in [-0.05, 0) is 38.0 Å². The number of hydrogen-bond donors (Lipinski definition) is 2. The maximum Gasteiger partial charge on any atom is 0.321 e. The van der Waals surface area contributed by atoms with Crippen LogP contribution in [0.2, 0.25) is 0 Å². The van der Waals surface area contributed by atoms with Gasteiger partial charge >= 0.3 is 6.03 Å². The van der Waals surface area contributed by atoms with Crippen molar-refractivity contribution in [3.05, 3.63) is 29.8 Å². The first kappa shape index (κ1) is 17.7. The molecule has 1 aliphatic carbocycles. The van der Waals surface area contributed by atoms with Gasteiger partial charge in [-0.3, -0.25) is 10.1 Å². The Morgan fingerprint density at radius 1 is 1.22 bits per heavy atom. The Morgan fingerprint density at radius 3 is 2.61 bits per heavy atom. The van der Waals surface area contributed by atoms with E-state index in [1.165, 1.54) is 13.3 Å². The summed E-state index contributed by atoms with van der Waals surface area (Å²) in [7, 11) is 0. The number of thioether (sulfide) groups is 1. The zero-order chi connectivity index (χ0) is 16.8. The van der Waals surface area contributed by atoms with Crippen LogP contribution >= 0.6 is 11.8 Å². The van der Waals surface area contributed by atoms with Gasteiger partial charge in [-0.2, -0.15) is 0 Å². The van der Waals surface area contributed by atoms with Gasteiger partial charge in [-0.1, -0.05) is 19.3 Å². The first-order valence-corrected chi connectivity index (χ1v) is 8.56. The van der Waals surface area contributed by atoms with E-state index in [1.807, 2.05) is 0 Å². The molecule has 0 saturated heterocycles. The highest BCUT2D eigenvalue weighted by atomic mass is 32.2. The molecule has 7 heteroatoms. The van der Waals surface area contributed by atoms with Crippen molar-refractivity contribution in [2.24, 2.45) is 0 Å². The molecule has 1 aliphatic rings. The second-order valence-corrected chi connectivity index (χ2v) is 7.02. The van der Waals surface area contributed by atoms with Crippen molar-refractivity contribution in [3.63, 3.8) is 0 Å². The molecule has 0 radical (unpaired) electrons. The Balaban J connectivity index is 1.84. The summed E-state index contributed by atoms with van der Waals surface area (Å²) >= 11 is 0.873. The normalized spacial score (nSPS) is 16.7. The lowest BCUT2D eigenvalue weighted by Crippen LogP contribution is -2.47. The fourth-order valence-corrected chi connectivity index (χ4v) is 3.40. The van der Waals surface area contributed by atoms with E-state index in [0.29, 0.717) is 0 Å². The van der Waals surface area contributed by atoms with Crippen LogP contribution in [0.15, 0.2) is 23.1 Å². The molecule has 0 bridgehead atoms. The first-order valence-electron chi connectivity index (χ1n) is 7.69. The number of benzene rings is 1. The SMILES string of the molecule is C[C@H](Sc1cc(F)ccc1F)C(=O)NC(=O)NC1CCCCC1. The molecule has 0 unspecified atom stereocenters. The highest BCUT2D eigenvalue weighted by Gasteiger charge is 2.21. The van der Waals surface area contributed by atoms with Gasteiger partial charge in [0.15, 0.2) is 0 Å². The van der Waals surface area contributed by atoms with Crippen molar-refractivity contribution in [1.29, 1.82) is 0 Å². The molecule has 0 aliphatic heterocycles. The highest BCUT2D eigenvalue weighted by molar-refractivity contribution is 8.00. The van der Waals surface area contributed by atoms with E-state index in [0.717, 1.165) is 55.6 Å². The zero-order valence-corrected chi connectivity index (χ0v) is 13.7. The predicted octanol–water partition coefficient (Wildman–Crippen LogP) is 3.60. The van der Waals surface area contributed by atoms with Crippen LogP contribution in [0.4, 0.5) is 13.6 Å². The molecule has 1 fully saturated rings. The van der Waals surface area contributed by atoms with Gasteiger partial charge < -0.3 is 5.32 Å². The summed E-state index contributed by atoms with van der Waals surface area (Å²) < 4.78 is 26.7. The Bertz CT molecular complexity index is 577. The molecule has 2 N–H and O–H groups in total. The monoisotopic (exact) mass is 342 g/mol. The maximum absolute atomic E-state index is 13.6. The molecule has 1 aromatic rings. The number of imide groups is 1. The predicted molar refractivity (Wildman–Crippen MR) is 85.2 cm³/mol. The number of amides is 3. The van der Waals surface area contributed by atoms with E-state index in [2.05, 4.69) is 10.6 Å². The third-order valence-corrected chi connectivity index (χ3v) is 4.88. The van der Waals surface area contributed by atoms with Crippen LogP contribution in [0, 0.1) is 11.6 Å². The van der Waals surface area contributed by atoms with Crippen molar-refractivity contribution in [3.8, 4) is 0 Å². The van der Waals surface area contributed by atoms with E-state index in [4.69, 9.17) is 0 Å². The van der Waals surface area contributed by atoms with Crippen LogP contribution in [-0.4, -0.2) is 23.2 Å². The lowest BCUT2D eigenvalue weighted by molar-refractivity contribution is -0.119. The van der Waals surface area contributed by atoms with Gasteiger partial charge in [-0.25, -0.2) is 13.6 Å². The smallest absolute Gasteiger partial charge is 0.321 e. The average molecular weight is 342 g/mol. The number of urea groups is 1. The van der Waals surface area contributed by atoms with Crippen molar-refractivity contribution in [2.75, 3.05) is 0 Å². The Morgan fingerprint density at radius 2 is 1.91 bits per heavy atom. The largest absolute Gasteiger partial charge is 0.335 e. The second-order valence-electron chi connectivity index (χ2n) is 5.63. The Labute approximate surface area is 138 Å². The minimum atomic E-state index is -0.719. The molecule has 1 atom stereocenters. The Kier molecular flexibility index (Phi) is 6.38. The topological polar surface area (TPSA) is 58.2 Å². The summed E-state index contributed by atoms with van der Waals surface area (Å²) in [6.07, 6.45) is 5.15. The lowest BCUT2D eigenvalue weighted by Gasteiger charge is -2.23. The minimum absolute atomic E-state index is 0.0420. The van der Waals surface area contributed by atoms with Gasteiger partial charge in [0.2, 0.25) is 5.91 Å². The lowest BCUT2D eigenvalue weighted by atomic mass is 9.96. The number of rotatable bonds is 4. The summed E-state index contributed by atoms with van der Waals surface area (Å²) in [6, 6.07) is 2.63. The van der Waals surface area contributed by atoms with E-state index < -0.39 is 28.8 Å². The second kappa shape index (κ2) is 8.29. The number of carbonyl (C=O) groups excluding carboxylic acids is 2. The molecule has 2 rings (SSSR count). The zero-order valence-electron chi connectivity index (χ0n) is 12.9. The summed E-state index contributed by atoms with van der Waals surface area (Å²) in [5.41, 5.74) is 0. The van der Waals surface area contributed by atoms with Crippen LogP contribution < -0.4 is 10.6 Å². The van der Waals surface area contributed by atoms with E-state index in [9.17, 15) is 18.4 Å². The van der Waals surface area contributed by atoms with E-state index in [-0.39, 0.29) is 10.9 Å². The molecule has 4 nitrogen and oxygen atoms in total. The average Bonchev–Trinajstić information content (AvgIpc) is 2.51. The minimum Gasteiger partial charge on any atom is -0.335 e. The van der Waals surface area contributed by atoms with Crippen molar-refractivity contribution >= 4 is 23.7 Å². The van der Waals surface area contributed by atoms with Crippen molar-refractivity contribution in [2.45, 2.75) is 55.2 Å². The van der Waals surface area contributed by atoms with Gasteiger partial charge in [-0.15, -0.1) is 11.8 Å². The fourth-order valence-electron chi connectivity index (χ4n) is 2.49.